The van der Waals surface area contributed by atoms with Crippen molar-refractivity contribution in [2.75, 3.05) is 0 Å². The van der Waals surface area contributed by atoms with E-state index in [1.807, 2.05) is 35.9 Å². The minimum Gasteiger partial charge on any atom is -0.486 e. The molecule has 33 heavy (non-hydrogen) atoms. The number of hydrogen-bond donors (Lipinski definition) is 1. The Morgan fingerprint density at radius 1 is 1.00 bits per heavy atom. The van der Waals surface area contributed by atoms with Crippen LogP contribution in [-0.2, 0) is 16.6 Å². The van der Waals surface area contributed by atoms with Crippen LogP contribution in [0, 0.1) is 6.92 Å². The van der Waals surface area contributed by atoms with Gasteiger partial charge in [0.2, 0.25) is 0 Å². The molecule has 0 atom stereocenters. The van der Waals surface area contributed by atoms with Gasteiger partial charge in [0.25, 0.3) is 15.9 Å². The summed E-state index contributed by atoms with van der Waals surface area (Å²) in [5.41, 5.74) is 2.97. The Labute approximate surface area is 190 Å². The first kappa shape index (κ1) is 22.2. The van der Waals surface area contributed by atoms with Crippen LogP contribution in [0.5, 0.6) is 5.75 Å². The Balaban J connectivity index is 1.51. The smallest absolute Gasteiger partial charge is 0.268 e. The van der Waals surface area contributed by atoms with Crippen molar-refractivity contribution in [1.82, 2.24) is 14.1 Å². The summed E-state index contributed by atoms with van der Waals surface area (Å²) in [6, 6.07) is 15.6. The molecule has 4 rings (SSSR count). The van der Waals surface area contributed by atoms with Crippen molar-refractivity contribution in [3.8, 4) is 5.75 Å². The number of nitrogens with one attached hydrogen (secondary N) is 1. The van der Waals surface area contributed by atoms with Gasteiger partial charge in [0.05, 0.1) is 16.2 Å². The maximum absolute atomic E-state index is 12.8. The van der Waals surface area contributed by atoms with Gasteiger partial charge in [0.1, 0.15) is 18.0 Å². The van der Waals surface area contributed by atoms with Crippen LogP contribution in [-0.4, -0.2) is 29.5 Å². The number of carbonyl (C=O) groups is 2. The molecule has 0 aliphatic rings. The highest BCUT2D eigenvalue weighted by Crippen LogP contribution is 2.21. The Morgan fingerprint density at radius 3 is 2.45 bits per heavy atom. The van der Waals surface area contributed by atoms with Crippen molar-refractivity contribution in [1.29, 1.82) is 0 Å². The maximum atomic E-state index is 12.8. The number of fused-ring (bicyclic) bond motifs is 1. The third kappa shape index (κ3) is 4.93. The third-order valence-corrected chi connectivity index (χ3v) is 6.30. The normalized spacial score (nSPS) is 11.3. The van der Waals surface area contributed by atoms with Gasteiger partial charge in [-0.15, -0.1) is 0 Å². The largest absolute Gasteiger partial charge is 0.486 e. The third-order valence-electron chi connectivity index (χ3n) is 4.95. The van der Waals surface area contributed by atoms with Crippen LogP contribution in [0.1, 0.15) is 38.9 Å². The van der Waals surface area contributed by atoms with E-state index < -0.39 is 15.9 Å². The summed E-state index contributed by atoms with van der Waals surface area (Å²) in [4.78, 5) is 28.5. The Hall–Kier alpha value is -3.98. The lowest BCUT2D eigenvalue weighted by atomic mass is 10.2. The van der Waals surface area contributed by atoms with E-state index in [0.717, 1.165) is 11.2 Å². The molecule has 0 fully saturated rings. The highest BCUT2D eigenvalue weighted by atomic mass is 32.2. The molecule has 0 aliphatic heterocycles. The van der Waals surface area contributed by atoms with Gasteiger partial charge in [-0.2, -0.15) is 0 Å². The minimum atomic E-state index is -4.14. The highest BCUT2D eigenvalue weighted by Gasteiger charge is 2.21. The quantitative estimate of drug-likeness (QED) is 0.420. The zero-order valence-corrected chi connectivity index (χ0v) is 18.8. The Kier molecular flexibility index (Phi) is 5.97. The summed E-state index contributed by atoms with van der Waals surface area (Å²) in [6.45, 7) is 3.47. The van der Waals surface area contributed by atoms with E-state index in [1.165, 1.54) is 37.3 Å². The van der Waals surface area contributed by atoms with Crippen molar-refractivity contribution in [2.45, 2.75) is 25.3 Å². The number of pyridine rings is 1. The van der Waals surface area contributed by atoms with Crippen molar-refractivity contribution in [3.63, 3.8) is 0 Å². The van der Waals surface area contributed by atoms with Crippen LogP contribution >= 0.6 is 0 Å². The molecule has 0 spiro atoms. The predicted molar refractivity (Wildman–Crippen MR) is 122 cm³/mol. The summed E-state index contributed by atoms with van der Waals surface area (Å²) >= 11 is 0. The topological polar surface area (TPSA) is 107 Å². The molecule has 0 saturated carbocycles. The molecule has 4 aromatic rings. The van der Waals surface area contributed by atoms with Crippen LogP contribution in [0.2, 0.25) is 0 Å². The SMILES string of the molecule is CC(=O)c1ccc(S(=O)(=O)NC(=O)c2ccccc2OCc2cn3cc(C)ccc3n2)cc1. The molecule has 0 aliphatic carbocycles. The van der Waals surface area contributed by atoms with Gasteiger partial charge < -0.3 is 9.14 Å². The lowest BCUT2D eigenvalue weighted by molar-refractivity contribution is 0.0974. The average molecular weight is 464 g/mol. The number of sulfonamides is 1. The van der Waals surface area contributed by atoms with Crippen LogP contribution < -0.4 is 9.46 Å². The molecular weight excluding hydrogens is 442 g/mol. The van der Waals surface area contributed by atoms with E-state index in [1.54, 1.807) is 18.2 Å². The summed E-state index contributed by atoms with van der Waals surface area (Å²) < 4.78 is 35.0. The van der Waals surface area contributed by atoms with Crippen molar-refractivity contribution in [3.05, 3.63) is 95.4 Å². The maximum Gasteiger partial charge on any atom is 0.268 e. The monoisotopic (exact) mass is 463 g/mol. The molecule has 0 saturated heterocycles. The zero-order valence-electron chi connectivity index (χ0n) is 18.0. The van der Waals surface area contributed by atoms with Crippen LogP contribution in [0.15, 0.2) is 78.0 Å². The van der Waals surface area contributed by atoms with Gasteiger partial charge in [0, 0.05) is 18.0 Å². The van der Waals surface area contributed by atoms with E-state index in [-0.39, 0.29) is 28.6 Å². The van der Waals surface area contributed by atoms with Gasteiger partial charge in [-0.25, -0.2) is 18.1 Å². The first-order valence-corrected chi connectivity index (χ1v) is 11.6. The van der Waals surface area contributed by atoms with E-state index >= 15 is 0 Å². The number of Topliss-reactive ketones (excluding diaryl/α,β-unsaturated/α-hetero) is 1. The van der Waals surface area contributed by atoms with Gasteiger partial charge in [-0.3, -0.25) is 9.59 Å². The first-order chi connectivity index (χ1) is 15.7. The number of nitrogens with zero attached hydrogens (tertiary/aromatic N) is 2. The number of benzene rings is 2. The molecule has 0 radical (unpaired) electrons. The second-order valence-electron chi connectivity index (χ2n) is 7.50. The Morgan fingerprint density at radius 2 is 1.73 bits per heavy atom. The molecule has 0 bridgehead atoms. The molecule has 168 valence electrons. The van der Waals surface area contributed by atoms with Gasteiger partial charge in [0.15, 0.2) is 5.78 Å². The lowest BCUT2D eigenvalue weighted by Gasteiger charge is -2.11. The standard InChI is InChI=1S/C24H21N3O5S/c1-16-7-12-23-25-19(14-27(23)13-16)15-32-22-6-4-3-5-21(22)24(29)26-33(30,31)20-10-8-18(9-11-20)17(2)28/h3-14H,15H2,1-2H3,(H,26,29). The number of rotatable bonds is 7. The van der Waals surface area contributed by atoms with Crippen molar-refractivity contribution in [2.24, 2.45) is 0 Å². The molecule has 9 heteroatoms. The molecule has 0 unspecified atom stereocenters. The molecular formula is C24H21N3O5S. The minimum absolute atomic E-state index is 0.0704. The summed E-state index contributed by atoms with van der Waals surface area (Å²) in [5.74, 6) is -0.785. The number of ketones is 1. The number of para-hydroxylation sites is 1. The number of aromatic nitrogens is 2. The number of imidazole rings is 1. The summed E-state index contributed by atoms with van der Waals surface area (Å²) in [7, 11) is -4.14. The van der Waals surface area contributed by atoms with Gasteiger partial charge >= 0.3 is 0 Å². The fourth-order valence-corrected chi connectivity index (χ4v) is 4.23. The second kappa shape index (κ2) is 8.87. The molecule has 2 heterocycles. The van der Waals surface area contributed by atoms with Crippen LogP contribution in [0.25, 0.3) is 5.65 Å². The Bertz CT molecular complexity index is 1460. The second-order valence-corrected chi connectivity index (χ2v) is 9.19. The predicted octanol–water partition coefficient (Wildman–Crippen LogP) is 3.54. The van der Waals surface area contributed by atoms with Crippen molar-refractivity contribution >= 4 is 27.4 Å². The first-order valence-electron chi connectivity index (χ1n) is 10.1. The number of ether oxygens (including phenoxy) is 1. The average Bonchev–Trinajstić information content (AvgIpc) is 3.19. The van der Waals surface area contributed by atoms with Crippen LogP contribution in [0.4, 0.5) is 0 Å². The number of hydrogen-bond acceptors (Lipinski definition) is 6. The zero-order chi connectivity index (χ0) is 23.6. The molecule has 1 N–H and O–H groups in total. The lowest BCUT2D eigenvalue weighted by Crippen LogP contribution is -2.31. The molecule has 2 aromatic heterocycles. The van der Waals surface area contributed by atoms with E-state index in [2.05, 4.69) is 9.71 Å². The van der Waals surface area contributed by atoms with E-state index in [9.17, 15) is 18.0 Å². The van der Waals surface area contributed by atoms with Gasteiger partial charge in [-0.05, 0) is 49.7 Å². The van der Waals surface area contributed by atoms with Crippen molar-refractivity contribution < 1.29 is 22.7 Å². The molecule has 8 nitrogen and oxygen atoms in total. The van der Waals surface area contributed by atoms with Crippen LogP contribution in [0.3, 0.4) is 0 Å². The molecule has 2 aromatic carbocycles. The highest BCUT2D eigenvalue weighted by molar-refractivity contribution is 7.90. The molecule has 1 amide bonds. The fourth-order valence-electron chi connectivity index (χ4n) is 3.26. The number of amides is 1. The number of carbonyl (C=O) groups excluding carboxylic acids is 2. The number of aryl methyl sites for hydroxylation is 1. The summed E-state index contributed by atoms with van der Waals surface area (Å²) in [5, 5.41) is 0. The van der Waals surface area contributed by atoms with Gasteiger partial charge in [-0.1, -0.05) is 30.3 Å². The van der Waals surface area contributed by atoms with E-state index in [0.29, 0.717) is 11.3 Å². The van der Waals surface area contributed by atoms with E-state index in [4.69, 9.17) is 4.74 Å². The summed E-state index contributed by atoms with van der Waals surface area (Å²) in [6.07, 6.45) is 3.78. The fraction of sp³-hybridized carbons (Fsp3) is 0.125.